The smallest absolute Gasteiger partial charge is 0.187 e. The Morgan fingerprint density at radius 3 is 2.84 bits per heavy atom. The standard InChI is InChI=1S/C15H21N3S/c1-12-7-5-6-10-14(12)17-18-15(19)16-11-13-8-3-2-4-9-13/h2-4,8-9,12H,5-7,10-11H2,1H3,(H2,16,18,19)/b17-14-/t12-/m1/s1. The molecule has 1 aliphatic rings. The summed E-state index contributed by atoms with van der Waals surface area (Å²) in [6.45, 7) is 2.97. The summed E-state index contributed by atoms with van der Waals surface area (Å²) in [6.07, 6.45) is 4.89. The van der Waals surface area contributed by atoms with E-state index in [4.69, 9.17) is 12.2 Å². The summed E-state index contributed by atoms with van der Waals surface area (Å²) in [6, 6.07) is 10.2. The van der Waals surface area contributed by atoms with Gasteiger partial charge in [-0.3, -0.25) is 5.43 Å². The lowest BCUT2D eigenvalue weighted by Gasteiger charge is -2.20. The maximum atomic E-state index is 5.23. The van der Waals surface area contributed by atoms with Crippen molar-refractivity contribution in [3.05, 3.63) is 35.9 Å². The van der Waals surface area contributed by atoms with Crippen LogP contribution in [-0.4, -0.2) is 10.8 Å². The zero-order chi connectivity index (χ0) is 13.5. The fourth-order valence-electron chi connectivity index (χ4n) is 2.28. The molecule has 0 aliphatic heterocycles. The van der Waals surface area contributed by atoms with Crippen molar-refractivity contribution < 1.29 is 0 Å². The van der Waals surface area contributed by atoms with Crippen LogP contribution >= 0.6 is 12.2 Å². The van der Waals surface area contributed by atoms with Crippen molar-refractivity contribution in [1.29, 1.82) is 0 Å². The van der Waals surface area contributed by atoms with Crippen LogP contribution in [-0.2, 0) is 6.54 Å². The topological polar surface area (TPSA) is 36.4 Å². The van der Waals surface area contributed by atoms with Gasteiger partial charge in [0.05, 0.1) is 0 Å². The summed E-state index contributed by atoms with van der Waals surface area (Å²) < 4.78 is 0. The summed E-state index contributed by atoms with van der Waals surface area (Å²) in [7, 11) is 0. The third kappa shape index (κ3) is 4.63. The Hall–Kier alpha value is -1.42. The molecule has 0 radical (unpaired) electrons. The van der Waals surface area contributed by atoms with E-state index in [9.17, 15) is 0 Å². The highest BCUT2D eigenvalue weighted by Gasteiger charge is 2.15. The van der Waals surface area contributed by atoms with E-state index in [1.807, 2.05) is 18.2 Å². The highest BCUT2D eigenvalue weighted by molar-refractivity contribution is 7.80. The minimum atomic E-state index is 0.582. The van der Waals surface area contributed by atoms with Crippen LogP contribution in [0.4, 0.5) is 0 Å². The van der Waals surface area contributed by atoms with Gasteiger partial charge in [-0.2, -0.15) is 5.10 Å². The van der Waals surface area contributed by atoms with Crippen molar-refractivity contribution in [2.45, 2.75) is 39.2 Å². The molecule has 2 N–H and O–H groups in total. The number of hydrazone groups is 1. The molecule has 1 fully saturated rings. The Kier molecular flexibility index (Phi) is 5.33. The van der Waals surface area contributed by atoms with Crippen LogP contribution in [0, 0.1) is 5.92 Å². The van der Waals surface area contributed by atoms with E-state index in [0.29, 0.717) is 11.0 Å². The van der Waals surface area contributed by atoms with Crippen LogP contribution in [0.1, 0.15) is 38.2 Å². The molecule has 19 heavy (non-hydrogen) atoms. The molecule has 0 amide bonds. The average molecular weight is 275 g/mol. The van der Waals surface area contributed by atoms with Crippen molar-refractivity contribution >= 4 is 23.0 Å². The molecule has 1 aromatic carbocycles. The normalized spacial score (nSPS) is 21.1. The zero-order valence-electron chi connectivity index (χ0n) is 11.4. The Morgan fingerprint density at radius 1 is 1.32 bits per heavy atom. The van der Waals surface area contributed by atoms with Crippen molar-refractivity contribution in [1.82, 2.24) is 10.7 Å². The zero-order valence-corrected chi connectivity index (χ0v) is 12.2. The van der Waals surface area contributed by atoms with E-state index in [0.717, 1.165) is 13.0 Å². The number of hydrogen-bond donors (Lipinski definition) is 2. The van der Waals surface area contributed by atoms with E-state index in [-0.39, 0.29) is 0 Å². The molecule has 1 aliphatic carbocycles. The van der Waals surface area contributed by atoms with E-state index in [2.05, 4.69) is 34.9 Å². The van der Waals surface area contributed by atoms with Crippen LogP contribution in [0.2, 0.25) is 0 Å². The molecule has 1 atom stereocenters. The second-order valence-electron chi connectivity index (χ2n) is 5.03. The quantitative estimate of drug-likeness (QED) is 0.657. The minimum Gasteiger partial charge on any atom is -0.357 e. The monoisotopic (exact) mass is 275 g/mol. The lowest BCUT2D eigenvalue weighted by atomic mass is 9.89. The first-order chi connectivity index (χ1) is 9.25. The molecule has 0 heterocycles. The van der Waals surface area contributed by atoms with E-state index < -0.39 is 0 Å². The molecular formula is C15H21N3S. The number of nitrogens with one attached hydrogen (secondary N) is 2. The van der Waals surface area contributed by atoms with Crippen molar-refractivity contribution in [2.24, 2.45) is 11.0 Å². The van der Waals surface area contributed by atoms with E-state index in [1.165, 1.54) is 30.5 Å². The van der Waals surface area contributed by atoms with Crippen LogP contribution < -0.4 is 10.7 Å². The minimum absolute atomic E-state index is 0.582. The first-order valence-corrected chi connectivity index (χ1v) is 7.31. The predicted octanol–water partition coefficient (Wildman–Crippen LogP) is 3.22. The summed E-state index contributed by atoms with van der Waals surface area (Å²) >= 11 is 5.23. The molecule has 102 valence electrons. The van der Waals surface area contributed by atoms with Gasteiger partial charge < -0.3 is 5.32 Å². The Bertz CT molecular complexity index is 442. The number of hydrogen-bond acceptors (Lipinski definition) is 2. The molecule has 3 nitrogen and oxygen atoms in total. The average Bonchev–Trinajstić information content (AvgIpc) is 2.45. The van der Waals surface area contributed by atoms with Crippen molar-refractivity contribution in [2.75, 3.05) is 0 Å². The summed E-state index contributed by atoms with van der Waals surface area (Å²) in [5.74, 6) is 0.582. The van der Waals surface area contributed by atoms with Gasteiger partial charge in [-0.05, 0) is 43.0 Å². The van der Waals surface area contributed by atoms with Crippen molar-refractivity contribution in [3.8, 4) is 0 Å². The molecular weight excluding hydrogens is 254 g/mol. The molecule has 0 aromatic heterocycles. The van der Waals surface area contributed by atoms with Gasteiger partial charge in [-0.15, -0.1) is 0 Å². The Balaban J connectivity index is 1.77. The molecule has 0 unspecified atom stereocenters. The number of rotatable bonds is 3. The van der Waals surface area contributed by atoms with Gasteiger partial charge >= 0.3 is 0 Å². The van der Waals surface area contributed by atoms with Gasteiger partial charge in [0, 0.05) is 12.3 Å². The van der Waals surface area contributed by atoms with E-state index in [1.54, 1.807) is 0 Å². The third-order valence-corrected chi connectivity index (χ3v) is 3.72. The summed E-state index contributed by atoms with van der Waals surface area (Å²) in [4.78, 5) is 0. The van der Waals surface area contributed by atoms with Gasteiger partial charge in [0.1, 0.15) is 0 Å². The van der Waals surface area contributed by atoms with Gasteiger partial charge in [-0.1, -0.05) is 43.7 Å². The molecule has 2 rings (SSSR count). The largest absolute Gasteiger partial charge is 0.357 e. The maximum absolute atomic E-state index is 5.23. The van der Waals surface area contributed by atoms with Gasteiger partial charge in [0.15, 0.2) is 5.11 Å². The van der Waals surface area contributed by atoms with Gasteiger partial charge in [-0.25, -0.2) is 0 Å². The van der Waals surface area contributed by atoms with E-state index >= 15 is 0 Å². The number of nitrogens with zero attached hydrogens (tertiary/aromatic N) is 1. The highest BCUT2D eigenvalue weighted by Crippen LogP contribution is 2.20. The van der Waals surface area contributed by atoms with Gasteiger partial charge in [0.2, 0.25) is 0 Å². The summed E-state index contributed by atoms with van der Waals surface area (Å²) in [5.41, 5.74) is 5.42. The molecule has 0 saturated heterocycles. The van der Waals surface area contributed by atoms with Crippen LogP contribution in [0.25, 0.3) is 0 Å². The van der Waals surface area contributed by atoms with Crippen molar-refractivity contribution in [3.63, 3.8) is 0 Å². The molecule has 4 heteroatoms. The fourth-order valence-corrected chi connectivity index (χ4v) is 2.39. The van der Waals surface area contributed by atoms with Crippen LogP contribution in [0.15, 0.2) is 35.4 Å². The summed E-state index contributed by atoms with van der Waals surface area (Å²) in [5, 5.41) is 8.20. The first-order valence-electron chi connectivity index (χ1n) is 6.90. The molecule has 1 saturated carbocycles. The highest BCUT2D eigenvalue weighted by atomic mass is 32.1. The third-order valence-electron chi connectivity index (χ3n) is 3.49. The lowest BCUT2D eigenvalue weighted by Crippen LogP contribution is -2.33. The van der Waals surface area contributed by atoms with Crippen LogP contribution in [0.5, 0.6) is 0 Å². The SMILES string of the molecule is C[C@@H]1CCCC/C1=N/NC(=S)NCc1ccccc1. The molecule has 0 bridgehead atoms. The number of benzene rings is 1. The maximum Gasteiger partial charge on any atom is 0.187 e. The predicted molar refractivity (Wildman–Crippen MR) is 84.1 cm³/mol. The van der Waals surface area contributed by atoms with Crippen LogP contribution in [0.3, 0.4) is 0 Å². The Morgan fingerprint density at radius 2 is 2.11 bits per heavy atom. The molecule has 1 aromatic rings. The fraction of sp³-hybridized carbons (Fsp3) is 0.467. The number of thiocarbonyl (C=S) groups is 1. The second kappa shape index (κ2) is 7.24. The molecule has 0 spiro atoms. The Labute approximate surface area is 120 Å². The lowest BCUT2D eigenvalue weighted by molar-refractivity contribution is 0.555. The second-order valence-corrected chi connectivity index (χ2v) is 5.44. The van der Waals surface area contributed by atoms with Gasteiger partial charge in [0.25, 0.3) is 0 Å². The first kappa shape index (κ1) is 14.0.